The molecule has 1 fully saturated rings. The maximum Gasteiger partial charge on any atom is 0.253 e. The van der Waals surface area contributed by atoms with Crippen molar-refractivity contribution >= 4 is 17.9 Å². The number of benzene rings is 2. The predicted octanol–water partition coefficient (Wildman–Crippen LogP) is 3.00. The van der Waals surface area contributed by atoms with Crippen LogP contribution in [0.3, 0.4) is 0 Å². The lowest BCUT2D eigenvalue weighted by Gasteiger charge is -2.34. The summed E-state index contributed by atoms with van der Waals surface area (Å²) in [7, 11) is 1.60. The van der Waals surface area contributed by atoms with Gasteiger partial charge in [-0.15, -0.1) is 0 Å². The highest BCUT2D eigenvalue weighted by atomic mass is 16.5. The van der Waals surface area contributed by atoms with E-state index in [1.807, 2.05) is 37.3 Å². The van der Waals surface area contributed by atoms with E-state index in [4.69, 9.17) is 4.74 Å². The van der Waals surface area contributed by atoms with Crippen LogP contribution in [0.15, 0.2) is 54.6 Å². The summed E-state index contributed by atoms with van der Waals surface area (Å²) >= 11 is 0. The van der Waals surface area contributed by atoms with Gasteiger partial charge in [-0.2, -0.15) is 0 Å². The van der Waals surface area contributed by atoms with Gasteiger partial charge in [0.1, 0.15) is 5.75 Å². The molecule has 2 amide bonds. The van der Waals surface area contributed by atoms with Crippen molar-refractivity contribution in [1.29, 1.82) is 0 Å². The molecule has 0 radical (unpaired) electrons. The van der Waals surface area contributed by atoms with E-state index in [-0.39, 0.29) is 11.8 Å². The molecule has 0 unspecified atom stereocenters. The quantitative estimate of drug-likeness (QED) is 0.784. The number of carbonyl (C=O) groups excluding carboxylic acids is 2. The molecule has 1 heterocycles. The first-order chi connectivity index (χ1) is 13.1. The molecule has 0 aromatic heterocycles. The molecular formula is C22H24N2O3. The van der Waals surface area contributed by atoms with E-state index < -0.39 is 0 Å². The van der Waals surface area contributed by atoms with Crippen molar-refractivity contribution in [2.75, 3.05) is 33.3 Å². The number of ether oxygens (including phenoxy) is 1. The second kappa shape index (κ2) is 8.54. The van der Waals surface area contributed by atoms with Gasteiger partial charge in [0.25, 0.3) is 5.91 Å². The minimum absolute atomic E-state index is 0.0139. The van der Waals surface area contributed by atoms with Gasteiger partial charge in [0.2, 0.25) is 5.91 Å². The normalized spacial score (nSPS) is 14.4. The van der Waals surface area contributed by atoms with Crippen molar-refractivity contribution in [3.05, 3.63) is 71.3 Å². The average Bonchev–Trinajstić information content (AvgIpc) is 2.73. The molecule has 0 N–H and O–H groups in total. The van der Waals surface area contributed by atoms with Crippen molar-refractivity contribution < 1.29 is 14.3 Å². The fraction of sp³-hybridized carbons (Fsp3) is 0.273. The molecule has 27 heavy (non-hydrogen) atoms. The molecule has 5 heteroatoms. The van der Waals surface area contributed by atoms with E-state index in [9.17, 15) is 9.59 Å². The number of nitrogens with zero attached hydrogens (tertiary/aromatic N) is 2. The lowest BCUT2D eigenvalue weighted by Crippen LogP contribution is -2.50. The van der Waals surface area contributed by atoms with Gasteiger partial charge in [0.05, 0.1) is 7.11 Å². The third-order valence-corrected chi connectivity index (χ3v) is 4.71. The Morgan fingerprint density at radius 2 is 1.48 bits per heavy atom. The minimum Gasteiger partial charge on any atom is -0.497 e. The van der Waals surface area contributed by atoms with Gasteiger partial charge in [-0.3, -0.25) is 9.59 Å². The van der Waals surface area contributed by atoms with Crippen LogP contribution >= 0.6 is 0 Å². The Labute approximate surface area is 159 Å². The van der Waals surface area contributed by atoms with E-state index >= 15 is 0 Å². The molecule has 0 bridgehead atoms. The van der Waals surface area contributed by atoms with Crippen LogP contribution in [0.2, 0.25) is 0 Å². The highest BCUT2D eigenvalue weighted by molar-refractivity contribution is 5.95. The number of amides is 2. The van der Waals surface area contributed by atoms with Gasteiger partial charge in [0.15, 0.2) is 0 Å². The third kappa shape index (κ3) is 4.76. The molecule has 1 aliphatic heterocycles. The Balaban J connectivity index is 1.53. The molecule has 2 aromatic carbocycles. The number of carbonyl (C=O) groups is 2. The van der Waals surface area contributed by atoms with E-state index in [1.165, 1.54) is 5.56 Å². The molecule has 0 aliphatic carbocycles. The SMILES string of the molecule is COc1ccc(C(=O)N2CCN(C(=O)/C=C/c3ccc(C)cc3)CC2)cc1. The fourth-order valence-electron chi connectivity index (χ4n) is 3.00. The van der Waals surface area contributed by atoms with Crippen LogP contribution in [0.1, 0.15) is 21.5 Å². The summed E-state index contributed by atoms with van der Waals surface area (Å²) < 4.78 is 5.12. The predicted molar refractivity (Wildman–Crippen MR) is 106 cm³/mol. The highest BCUT2D eigenvalue weighted by Gasteiger charge is 2.23. The number of methoxy groups -OCH3 is 1. The van der Waals surface area contributed by atoms with Gasteiger partial charge < -0.3 is 14.5 Å². The Morgan fingerprint density at radius 1 is 0.889 bits per heavy atom. The van der Waals surface area contributed by atoms with Crippen LogP contribution in [0, 0.1) is 6.92 Å². The van der Waals surface area contributed by atoms with Crippen molar-refractivity contribution in [2.45, 2.75) is 6.92 Å². The number of hydrogen-bond acceptors (Lipinski definition) is 3. The van der Waals surface area contributed by atoms with E-state index in [1.54, 1.807) is 47.3 Å². The molecule has 5 nitrogen and oxygen atoms in total. The van der Waals surface area contributed by atoms with Crippen LogP contribution in [0.25, 0.3) is 6.08 Å². The maximum absolute atomic E-state index is 12.6. The van der Waals surface area contributed by atoms with Crippen LogP contribution < -0.4 is 4.74 Å². The summed E-state index contributed by atoms with van der Waals surface area (Å²) in [5.41, 5.74) is 2.83. The maximum atomic E-state index is 12.6. The molecule has 140 valence electrons. The fourth-order valence-corrected chi connectivity index (χ4v) is 3.00. The van der Waals surface area contributed by atoms with Crippen molar-refractivity contribution in [3.63, 3.8) is 0 Å². The molecule has 1 saturated heterocycles. The highest BCUT2D eigenvalue weighted by Crippen LogP contribution is 2.14. The van der Waals surface area contributed by atoms with Gasteiger partial charge in [-0.1, -0.05) is 29.8 Å². The van der Waals surface area contributed by atoms with Crippen LogP contribution in [0.5, 0.6) is 5.75 Å². The average molecular weight is 364 g/mol. The first kappa shape index (κ1) is 18.7. The van der Waals surface area contributed by atoms with Crippen LogP contribution in [0.4, 0.5) is 0 Å². The topological polar surface area (TPSA) is 49.9 Å². The van der Waals surface area contributed by atoms with Crippen LogP contribution in [-0.4, -0.2) is 54.9 Å². The molecular weight excluding hydrogens is 340 g/mol. The number of piperazine rings is 1. The molecule has 3 rings (SSSR count). The summed E-state index contributed by atoms with van der Waals surface area (Å²) in [6, 6.07) is 15.1. The zero-order valence-electron chi connectivity index (χ0n) is 15.7. The first-order valence-corrected chi connectivity index (χ1v) is 9.04. The number of rotatable bonds is 4. The van der Waals surface area contributed by atoms with Crippen LogP contribution in [-0.2, 0) is 4.79 Å². The molecule has 0 atom stereocenters. The first-order valence-electron chi connectivity index (χ1n) is 9.04. The van der Waals surface area contributed by atoms with E-state index in [2.05, 4.69) is 0 Å². The van der Waals surface area contributed by atoms with E-state index in [0.29, 0.717) is 31.7 Å². The molecule has 2 aromatic rings. The summed E-state index contributed by atoms with van der Waals surface area (Å²) in [6.45, 7) is 4.19. The summed E-state index contributed by atoms with van der Waals surface area (Å²) in [5, 5.41) is 0. The van der Waals surface area contributed by atoms with E-state index in [0.717, 1.165) is 11.3 Å². The second-order valence-corrected chi connectivity index (χ2v) is 6.59. The van der Waals surface area contributed by atoms with Gasteiger partial charge in [-0.25, -0.2) is 0 Å². The van der Waals surface area contributed by atoms with Crippen molar-refractivity contribution in [3.8, 4) is 5.75 Å². The number of hydrogen-bond donors (Lipinski definition) is 0. The van der Waals surface area contributed by atoms with Crippen molar-refractivity contribution in [1.82, 2.24) is 9.80 Å². The molecule has 0 spiro atoms. The minimum atomic E-state index is -0.0212. The Kier molecular flexibility index (Phi) is 5.91. The lowest BCUT2D eigenvalue weighted by molar-refractivity contribution is -0.127. The van der Waals surface area contributed by atoms with Gasteiger partial charge in [0, 0.05) is 37.8 Å². The Bertz CT molecular complexity index is 818. The van der Waals surface area contributed by atoms with Crippen molar-refractivity contribution in [2.24, 2.45) is 0 Å². The summed E-state index contributed by atoms with van der Waals surface area (Å²) in [6.07, 6.45) is 3.43. The Morgan fingerprint density at radius 3 is 2.07 bits per heavy atom. The summed E-state index contributed by atoms with van der Waals surface area (Å²) in [4.78, 5) is 28.5. The third-order valence-electron chi connectivity index (χ3n) is 4.71. The summed E-state index contributed by atoms with van der Waals surface area (Å²) in [5.74, 6) is 0.689. The zero-order chi connectivity index (χ0) is 19.2. The molecule has 0 saturated carbocycles. The molecule has 1 aliphatic rings. The second-order valence-electron chi connectivity index (χ2n) is 6.59. The lowest BCUT2D eigenvalue weighted by atomic mass is 10.1. The zero-order valence-corrected chi connectivity index (χ0v) is 15.7. The smallest absolute Gasteiger partial charge is 0.253 e. The Hall–Kier alpha value is -3.08. The standard InChI is InChI=1S/C22H24N2O3/c1-17-3-5-18(6-4-17)7-12-21(25)23-13-15-24(16-14-23)22(26)19-8-10-20(27-2)11-9-19/h3-12H,13-16H2,1-2H3/b12-7+. The van der Waals surface area contributed by atoms with Gasteiger partial charge in [-0.05, 0) is 42.8 Å². The monoisotopic (exact) mass is 364 g/mol. The number of aryl methyl sites for hydroxylation is 1. The van der Waals surface area contributed by atoms with Gasteiger partial charge >= 0.3 is 0 Å². The largest absolute Gasteiger partial charge is 0.497 e.